The Morgan fingerprint density at radius 1 is 1.00 bits per heavy atom. The van der Waals surface area contributed by atoms with E-state index < -0.39 is 23.7 Å². The number of carbonyl (C=O) groups is 2. The molecule has 2 heterocycles. The average Bonchev–Trinajstić information content (AvgIpc) is 2.75. The highest BCUT2D eigenvalue weighted by Crippen LogP contribution is 2.19. The summed E-state index contributed by atoms with van der Waals surface area (Å²) < 4.78 is 12.1. The lowest BCUT2D eigenvalue weighted by Gasteiger charge is -2.40. The molecule has 32 heavy (non-hydrogen) atoms. The van der Waals surface area contributed by atoms with Crippen molar-refractivity contribution in [1.82, 2.24) is 14.4 Å². The number of aromatic nitrogens is 1. The molecular weight excluding hydrogens is 410 g/mol. The van der Waals surface area contributed by atoms with Crippen LogP contribution in [0.5, 0.6) is 0 Å². The fourth-order valence-corrected chi connectivity index (χ4v) is 3.66. The van der Waals surface area contributed by atoms with E-state index in [4.69, 9.17) is 9.47 Å². The van der Waals surface area contributed by atoms with Crippen molar-refractivity contribution in [2.45, 2.75) is 45.5 Å². The van der Waals surface area contributed by atoms with Gasteiger partial charge >= 0.3 is 12.1 Å². The van der Waals surface area contributed by atoms with E-state index in [1.165, 1.54) is 12.0 Å². The Labute approximate surface area is 188 Å². The van der Waals surface area contributed by atoms with Gasteiger partial charge in [-0.3, -0.25) is 14.6 Å². The van der Waals surface area contributed by atoms with Crippen LogP contribution < -0.4 is 5.56 Å². The highest BCUT2D eigenvalue weighted by atomic mass is 16.6. The van der Waals surface area contributed by atoms with Crippen LogP contribution in [-0.2, 0) is 27.4 Å². The number of methoxy groups -OCH3 is 1. The second-order valence-electron chi connectivity index (χ2n) is 8.93. The van der Waals surface area contributed by atoms with Crippen molar-refractivity contribution < 1.29 is 19.1 Å². The Morgan fingerprint density at radius 3 is 2.25 bits per heavy atom. The molecule has 0 bridgehead atoms. The van der Waals surface area contributed by atoms with Gasteiger partial charge in [0.05, 0.1) is 13.7 Å². The number of pyridine rings is 1. The first kappa shape index (κ1) is 23.5. The number of hydrogen-bond donors (Lipinski definition) is 0. The van der Waals surface area contributed by atoms with E-state index in [1.807, 2.05) is 30.3 Å². The first-order valence-corrected chi connectivity index (χ1v) is 10.7. The standard InChI is InChI=1S/C24H31N3O5/c1-24(2,3)32-23(30)27-14-13-25(17-20(27)22(29)31-4)15-18-8-10-19(11-9-18)16-26-12-6-5-7-21(26)28/h5-12,20H,13-17H2,1-4H3. The van der Waals surface area contributed by atoms with Crippen molar-refractivity contribution in [2.75, 3.05) is 26.7 Å². The van der Waals surface area contributed by atoms with Crippen molar-refractivity contribution in [1.29, 1.82) is 0 Å². The van der Waals surface area contributed by atoms with Gasteiger partial charge in [-0.15, -0.1) is 0 Å². The summed E-state index contributed by atoms with van der Waals surface area (Å²) in [6.07, 6.45) is 1.26. The van der Waals surface area contributed by atoms with E-state index in [1.54, 1.807) is 43.7 Å². The van der Waals surface area contributed by atoms with Crippen LogP contribution in [0.1, 0.15) is 31.9 Å². The van der Waals surface area contributed by atoms with Gasteiger partial charge in [-0.1, -0.05) is 30.3 Å². The molecule has 8 heteroatoms. The monoisotopic (exact) mass is 441 g/mol. The lowest BCUT2D eigenvalue weighted by atomic mass is 10.1. The summed E-state index contributed by atoms with van der Waals surface area (Å²) in [7, 11) is 1.32. The minimum Gasteiger partial charge on any atom is -0.467 e. The van der Waals surface area contributed by atoms with Gasteiger partial charge in [-0.2, -0.15) is 0 Å². The molecule has 0 spiro atoms. The zero-order valence-electron chi connectivity index (χ0n) is 19.1. The van der Waals surface area contributed by atoms with Crippen molar-refractivity contribution in [3.8, 4) is 0 Å². The molecule has 1 fully saturated rings. The van der Waals surface area contributed by atoms with E-state index in [0.29, 0.717) is 32.7 Å². The third-order valence-electron chi connectivity index (χ3n) is 5.25. The highest BCUT2D eigenvalue weighted by Gasteiger charge is 2.38. The lowest BCUT2D eigenvalue weighted by molar-refractivity contribution is -0.149. The van der Waals surface area contributed by atoms with Crippen LogP contribution in [0.25, 0.3) is 0 Å². The number of piperazine rings is 1. The summed E-state index contributed by atoms with van der Waals surface area (Å²) in [5.74, 6) is -0.454. The minimum absolute atomic E-state index is 0.0340. The van der Waals surface area contributed by atoms with E-state index in [0.717, 1.165) is 11.1 Å². The van der Waals surface area contributed by atoms with Crippen LogP contribution in [0.2, 0.25) is 0 Å². The maximum absolute atomic E-state index is 12.6. The van der Waals surface area contributed by atoms with Gasteiger partial charge < -0.3 is 14.0 Å². The van der Waals surface area contributed by atoms with Crippen molar-refractivity contribution in [3.63, 3.8) is 0 Å². The molecule has 2 aromatic rings. The smallest absolute Gasteiger partial charge is 0.411 e. The van der Waals surface area contributed by atoms with E-state index in [2.05, 4.69) is 4.90 Å². The number of amides is 1. The molecule has 0 N–H and O–H groups in total. The number of nitrogens with zero attached hydrogens (tertiary/aromatic N) is 3. The van der Waals surface area contributed by atoms with Gasteiger partial charge in [0, 0.05) is 38.4 Å². The van der Waals surface area contributed by atoms with Gasteiger partial charge in [0.25, 0.3) is 5.56 Å². The molecule has 3 rings (SSSR count). The Bertz CT molecular complexity index is 994. The van der Waals surface area contributed by atoms with Crippen LogP contribution in [0.3, 0.4) is 0 Å². The second kappa shape index (κ2) is 9.99. The fraction of sp³-hybridized carbons (Fsp3) is 0.458. The zero-order chi connectivity index (χ0) is 23.3. The number of rotatable bonds is 5. The molecule has 1 aromatic carbocycles. The molecule has 1 aliphatic heterocycles. The Morgan fingerprint density at radius 2 is 1.66 bits per heavy atom. The zero-order valence-corrected chi connectivity index (χ0v) is 19.1. The Kier molecular flexibility index (Phi) is 7.35. The van der Waals surface area contributed by atoms with E-state index >= 15 is 0 Å². The van der Waals surface area contributed by atoms with E-state index in [9.17, 15) is 14.4 Å². The molecule has 8 nitrogen and oxygen atoms in total. The molecule has 172 valence electrons. The molecule has 0 radical (unpaired) electrons. The van der Waals surface area contributed by atoms with Crippen molar-refractivity contribution in [3.05, 3.63) is 70.1 Å². The van der Waals surface area contributed by atoms with Gasteiger partial charge in [-0.25, -0.2) is 9.59 Å². The SMILES string of the molecule is COC(=O)C1CN(Cc2ccc(Cn3ccccc3=O)cc2)CCN1C(=O)OC(C)(C)C. The second-order valence-corrected chi connectivity index (χ2v) is 8.93. The number of hydrogen-bond acceptors (Lipinski definition) is 6. The highest BCUT2D eigenvalue weighted by molar-refractivity contribution is 5.82. The third kappa shape index (κ3) is 6.20. The summed E-state index contributed by atoms with van der Waals surface area (Å²) in [4.78, 5) is 40.4. The number of carbonyl (C=O) groups excluding carboxylic acids is 2. The summed E-state index contributed by atoms with van der Waals surface area (Å²) >= 11 is 0. The third-order valence-corrected chi connectivity index (χ3v) is 5.25. The first-order valence-electron chi connectivity index (χ1n) is 10.7. The normalized spacial score (nSPS) is 17.1. The van der Waals surface area contributed by atoms with E-state index in [-0.39, 0.29) is 5.56 Å². The molecule has 1 atom stereocenters. The van der Waals surface area contributed by atoms with Crippen LogP contribution in [-0.4, -0.2) is 64.8 Å². The first-order chi connectivity index (χ1) is 15.2. The van der Waals surface area contributed by atoms with Crippen LogP contribution in [0.15, 0.2) is 53.5 Å². The van der Waals surface area contributed by atoms with Crippen LogP contribution in [0.4, 0.5) is 4.79 Å². The Balaban J connectivity index is 1.64. The molecule has 1 saturated heterocycles. The molecule has 1 aromatic heterocycles. The van der Waals surface area contributed by atoms with Crippen molar-refractivity contribution in [2.24, 2.45) is 0 Å². The van der Waals surface area contributed by atoms with Gasteiger partial charge in [0.15, 0.2) is 0 Å². The molecule has 1 amide bonds. The topological polar surface area (TPSA) is 81.1 Å². The lowest BCUT2D eigenvalue weighted by Crippen LogP contribution is -2.59. The Hall–Kier alpha value is -3.13. The molecular formula is C24H31N3O5. The average molecular weight is 442 g/mol. The van der Waals surface area contributed by atoms with Gasteiger partial charge in [-0.05, 0) is 38.0 Å². The number of benzene rings is 1. The molecule has 1 aliphatic rings. The summed E-state index contributed by atoms with van der Waals surface area (Å²) in [5.41, 5.74) is 1.45. The van der Waals surface area contributed by atoms with Gasteiger partial charge in [0.2, 0.25) is 0 Å². The fourth-order valence-electron chi connectivity index (χ4n) is 3.66. The van der Waals surface area contributed by atoms with Gasteiger partial charge in [0.1, 0.15) is 11.6 Å². The summed E-state index contributed by atoms with van der Waals surface area (Å²) in [6, 6.07) is 12.5. The number of esters is 1. The molecule has 0 saturated carbocycles. The summed E-state index contributed by atoms with van der Waals surface area (Å²) in [6.45, 7) is 7.91. The quantitative estimate of drug-likeness (QED) is 0.663. The largest absolute Gasteiger partial charge is 0.467 e. The van der Waals surface area contributed by atoms with Crippen LogP contribution >= 0.6 is 0 Å². The van der Waals surface area contributed by atoms with Crippen LogP contribution in [0, 0.1) is 0 Å². The maximum Gasteiger partial charge on any atom is 0.411 e. The molecule has 0 aliphatic carbocycles. The predicted octanol–water partition coefficient (Wildman–Crippen LogP) is 2.49. The predicted molar refractivity (Wildman–Crippen MR) is 120 cm³/mol. The summed E-state index contributed by atoms with van der Waals surface area (Å²) in [5, 5.41) is 0. The molecule has 1 unspecified atom stereocenters. The minimum atomic E-state index is -0.715. The van der Waals surface area contributed by atoms with Crippen molar-refractivity contribution >= 4 is 12.1 Å². The maximum atomic E-state index is 12.6. The number of ether oxygens (including phenoxy) is 2.